The number of esters is 1. The highest BCUT2D eigenvalue weighted by Crippen LogP contribution is 2.40. The maximum atomic E-state index is 10.8. The molecule has 0 aromatic rings. The lowest BCUT2D eigenvalue weighted by molar-refractivity contribution is -0.141. The highest BCUT2D eigenvalue weighted by atomic mass is 16.6. The molecule has 2 fully saturated rings. The Morgan fingerprint density at radius 1 is 1.58 bits per heavy atom. The van der Waals surface area contributed by atoms with Crippen molar-refractivity contribution in [1.82, 2.24) is 0 Å². The van der Waals surface area contributed by atoms with Crippen LogP contribution in [0.4, 0.5) is 0 Å². The van der Waals surface area contributed by atoms with E-state index in [1.165, 1.54) is 0 Å². The van der Waals surface area contributed by atoms with Gasteiger partial charge < -0.3 is 14.9 Å². The second-order valence-corrected chi connectivity index (χ2v) is 3.55. The summed E-state index contributed by atoms with van der Waals surface area (Å²) < 4.78 is 4.98. The van der Waals surface area contributed by atoms with E-state index >= 15 is 0 Å². The molecule has 1 aliphatic heterocycles. The smallest absolute Gasteiger partial charge is 0.306 e. The molecule has 68 valence electrons. The van der Waals surface area contributed by atoms with E-state index in [0.29, 0.717) is 12.8 Å². The van der Waals surface area contributed by atoms with Gasteiger partial charge in [-0.3, -0.25) is 4.79 Å². The van der Waals surface area contributed by atoms with Crippen LogP contribution >= 0.6 is 0 Å². The summed E-state index contributed by atoms with van der Waals surface area (Å²) >= 11 is 0. The summed E-state index contributed by atoms with van der Waals surface area (Å²) in [6, 6.07) is 0. The number of carbonyl (C=O) groups excluding carboxylic acids is 1. The zero-order valence-corrected chi connectivity index (χ0v) is 6.64. The second-order valence-electron chi connectivity index (χ2n) is 3.55. The van der Waals surface area contributed by atoms with E-state index in [-0.39, 0.29) is 30.5 Å². The number of ether oxygens (including phenoxy) is 1. The molecule has 0 radical (unpaired) electrons. The van der Waals surface area contributed by atoms with Gasteiger partial charge in [0.25, 0.3) is 0 Å². The fraction of sp³-hybridized carbons (Fsp3) is 0.875. The summed E-state index contributed by atoms with van der Waals surface area (Å²) in [4.78, 5) is 10.8. The normalized spacial score (nSPS) is 46.0. The third kappa shape index (κ3) is 1.03. The molecule has 0 spiro atoms. The quantitative estimate of drug-likeness (QED) is 0.513. The highest BCUT2D eigenvalue weighted by molar-refractivity contribution is 5.72. The van der Waals surface area contributed by atoms with E-state index < -0.39 is 6.10 Å². The molecule has 2 unspecified atom stereocenters. The van der Waals surface area contributed by atoms with E-state index in [1.807, 2.05) is 0 Å². The van der Waals surface area contributed by atoms with Gasteiger partial charge in [-0.2, -0.15) is 0 Å². The van der Waals surface area contributed by atoms with Crippen LogP contribution < -0.4 is 0 Å². The van der Waals surface area contributed by atoms with Crippen LogP contribution in [0.25, 0.3) is 0 Å². The van der Waals surface area contributed by atoms with Gasteiger partial charge in [0, 0.05) is 24.9 Å². The molecule has 0 amide bonds. The van der Waals surface area contributed by atoms with Crippen molar-refractivity contribution in [3.05, 3.63) is 0 Å². The highest BCUT2D eigenvalue weighted by Gasteiger charge is 2.49. The SMILES string of the molecule is O=C1CC2C(CO)[C@H](O)C[C@@H]2O1. The van der Waals surface area contributed by atoms with Gasteiger partial charge >= 0.3 is 5.97 Å². The van der Waals surface area contributed by atoms with Crippen molar-refractivity contribution in [2.75, 3.05) is 6.61 Å². The number of rotatable bonds is 1. The maximum Gasteiger partial charge on any atom is 0.306 e. The van der Waals surface area contributed by atoms with Crippen LogP contribution in [-0.4, -0.2) is 35.0 Å². The van der Waals surface area contributed by atoms with Gasteiger partial charge in [0.15, 0.2) is 0 Å². The average molecular weight is 172 g/mol. The third-order valence-corrected chi connectivity index (χ3v) is 2.89. The van der Waals surface area contributed by atoms with Crippen LogP contribution in [0.15, 0.2) is 0 Å². The Hall–Kier alpha value is -0.610. The summed E-state index contributed by atoms with van der Waals surface area (Å²) in [5, 5.41) is 18.4. The molecule has 2 aliphatic rings. The molecule has 4 heteroatoms. The van der Waals surface area contributed by atoms with Crippen LogP contribution in [0.3, 0.4) is 0 Å². The van der Waals surface area contributed by atoms with Gasteiger partial charge in [-0.15, -0.1) is 0 Å². The first-order valence-electron chi connectivity index (χ1n) is 4.20. The molecule has 2 N–H and O–H groups in total. The van der Waals surface area contributed by atoms with Crippen molar-refractivity contribution in [2.24, 2.45) is 11.8 Å². The van der Waals surface area contributed by atoms with Crippen molar-refractivity contribution < 1.29 is 19.7 Å². The van der Waals surface area contributed by atoms with Crippen LogP contribution in [0.1, 0.15) is 12.8 Å². The van der Waals surface area contributed by atoms with Gasteiger partial charge in [-0.1, -0.05) is 0 Å². The predicted octanol–water partition coefficient (Wildman–Crippen LogP) is -0.709. The Bertz CT molecular complexity index is 203. The minimum absolute atomic E-state index is 0.0394. The summed E-state index contributed by atoms with van der Waals surface area (Å²) in [7, 11) is 0. The molecule has 0 aromatic heterocycles. The van der Waals surface area contributed by atoms with Gasteiger partial charge in [-0.25, -0.2) is 0 Å². The maximum absolute atomic E-state index is 10.8. The molecule has 1 heterocycles. The van der Waals surface area contributed by atoms with Gasteiger partial charge in [0.1, 0.15) is 6.10 Å². The molecule has 1 saturated carbocycles. The zero-order chi connectivity index (χ0) is 8.72. The predicted molar refractivity (Wildman–Crippen MR) is 39.2 cm³/mol. The number of aliphatic hydroxyl groups is 2. The van der Waals surface area contributed by atoms with Gasteiger partial charge in [0.2, 0.25) is 0 Å². The van der Waals surface area contributed by atoms with Crippen LogP contribution in [0, 0.1) is 11.8 Å². The first-order chi connectivity index (χ1) is 5.72. The number of carbonyl (C=O) groups is 1. The molecule has 4 atom stereocenters. The number of fused-ring (bicyclic) bond motifs is 1. The monoisotopic (exact) mass is 172 g/mol. The first kappa shape index (κ1) is 8.01. The lowest BCUT2D eigenvalue weighted by Gasteiger charge is -2.14. The van der Waals surface area contributed by atoms with Crippen molar-refractivity contribution in [3.63, 3.8) is 0 Å². The molecule has 12 heavy (non-hydrogen) atoms. The van der Waals surface area contributed by atoms with E-state index in [2.05, 4.69) is 0 Å². The van der Waals surface area contributed by atoms with E-state index in [4.69, 9.17) is 9.84 Å². The van der Waals surface area contributed by atoms with Crippen LogP contribution in [0.2, 0.25) is 0 Å². The van der Waals surface area contributed by atoms with Crippen LogP contribution in [-0.2, 0) is 9.53 Å². The summed E-state index contributed by atoms with van der Waals surface area (Å²) in [5.41, 5.74) is 0. The standard InChI is InChI=1S/C8H12O4/c9-3-5-4-1-8(11)12-7(4)2-6(5)10/h4-7,9-10H,1-3H2/t4?,5?,6-,7+/m1/s1. The van der Waals surface area contributed by atoms with Crippen LogP contribution in [0.5, 0.6) is 0 Å². The van der Waals surface area contributed by atoms with E-state index in [0.717, 1.165) is 0 Å². The van der Waals surface area contributed by atoms with Crippen molar-refractivity contribution >= 4 is 5.97 Å². The minimum atomic E-state index is -0.502. The summed E-state index contributed by atoms with van der Waals surface area (Å²) in [6.45, 7) is -0.0566. The minimum Gasteiger partial charge on any atom is -0.462 e. The van der Waals surface area contributed by atoms with Crippen molar-refractivity contribution in [3.8, 4) is 0 Å². The molecular weight excluding hydrogens is 160 g/mol. The Balaban J connectivity index is 2.11. The van der Waals surface area contributed by atoms with Gasteiger partial charge in [-0.05, 0) is 0 Å². The molecular formula is C8H12O4. The fourth-order valence-electron chi connectivity index (χ4n) is 2.23. The Kier molecular flexibility index (Phi) is 1.81. The Morgan fingerprint density at radius 3 is 3.00 bits per heavy atom. The Morgan fingerprint density at radius 2 is 2.33 bits per heavy atom. The molecule has 2 rings (SSSR count). The lowest BCUT2D eigenvalue weighted by Crippen LogP contribution is -2.23. The average Bonchev–Trinajstić information content (AvgIpc) is 2.43. The van der Waals surface area contributed by atoms with E-state index in [1.54, 1.807) is 0 Å². The first-order valence-corrected chi connectivity index (χ1v) is 4.20. The van der Waals surface area contributed by atoms with Crippen molar-refractivity contribution in [2.45, 2.75) is 25.0 Å². The van der Waals surface area contributed by atoms with E-state index in [9.17, 15) is 9.90 Å². The third-order valence-electron chi connectivity index (χ3n) is 2.89. The molecule has 0 bridgehead atoms. The summed E-state index contributed by atoms with van der Waals surface area (Å²) in [5.74, 6) is -0.325. The number of hydrogen-bond donors (Lipinski definition) is 2. The lowest BCUT2D eigenvalue weighted by atomic mass is 9.93. The van der Waals surface area contributed by atoms with Crippen molar-refractivity contribution in [1.29, 1.82) is 0 Å². The summed E-state index contributed by atoms with van der Waals surface area (Å²) in [6.07, 6.45) is 0.192. The molecule has 0 aromatic carbocycles. The largest absolute Gasteiger partial charge is 0.462 e. The molecule has 1 aliphatic carbocycles. The topological polar surface area (TPSA) is 66.8 Å². The molecule has 4 nitrogen and oxygen atoms in total. The second kappa shape index (κ2) is 2.71. The fourth-order valence-corrected chi connectivity index (χ4v) is 2.23. The zero-order valence-electron chi connectivity index (χ0n) is 6.64. The van der Waals surface area contributed by atoms with Gasteiger partial charge in [0.05, 0.1) is 12.5 Å². The Labute approximate surface area is 70.1 Å². The molecule has 1 saturated heterocycles. The number of aliphatic hydroxyl groups excluding tert-OH is 2. The number of hydrogen-bond acceptors (Lipinski definition) is 4.